The fourth-order valence-electron chi connectivity index (χ4n) is 0.168. The molecule has 0 aliphatic heterocycles. The van der Waals surface area contributed by atoms with Gasteiger partial charge in [-0.1, -0.05) is 6.08 Å². The summed E-state index contributed by atoms with van der Waals surface area (Å²) in [5.41, 5.74) is 0. The lowest BCUT2D eigenvalue weighted by atomic mass is 10.6. The molecule has 0 unspecified atom stereocenters. The number of hydrogen-bond donors (Lipinski definition) is 2. The van der Waals surface area contributed by atoms with Crippen molar-refractivity contribution in [3.05, 3.63) is 11.4 Å². The van der Waals surface area contributed by atoms with Crippen molar-refractivity contribution in [1.82, 2.24) is 0 Å². The molecule has 0 aromatic carbocycles. The molecule has 0 amide bonds. The maximum Gasteiger partial charge on any atom is 0.351 e. The summed E-state index contributed by atoms with van der Waals surface area (Å²) >= 11 is 0. The molecule has 0 fully saturated rings. The fourth-order valence-corrected chi connectivity index (χ4v) is 0.505. The highest BCUT2D eigenvalue weighted by molar-refractivity contribution is 7.56. The predicted molar refractivity (Wildman–Crippen MR) is 31.5 cm³/mol. The summed E-state index contributed by atoms with van der Waals surface area (Å²) in [6, 6.07) is 0. The lowest BCUT2D eigenvalue weighted by Gasteiger charge is -1.99. The van der Waals surface area contributed by atoms with E-state index in [9.17, 15) is 4.57 Å². The van der Waals surface area contributed by atoms with Crippen LogP contribution in [0.2, 0.25) is 0 Å². The smallest absolute Gasteiger partial charge is 0.321 e. The highest BCUT2D eigenvalue weighted by Gasteiger charge is 2.13. The largest absolute Gasteiger partial charge is 0.351 e. The fraction of sp³-hybridized carbons (Fsp3) is 0.500. The molecule has 0 bridgehead atoms. The Kier molecular flexibility index (Phi) is 2.41. The molecule has 4 heteroatoms. The zero-order chi connectivity index (χ0) is 6.78. The summed E-state index contributed by atoms with van der Waals surface area (Å²) in [5.74, 6) is 0. The van der Waals surface area contributed by atoms with E-state index in [2.05, 4.69) is 0 Å². The number of rotatable bonds is 1. The molecule has 48 valence electrons. The summed E-state index contributed by atoms with van der Waals surface area (Å²) in [6.07, 6.45) is 1.40. The first-order valence-corrected chi connectivity index (χ1v) is 3.78. The molecule has 0 saturated carbocycles. The maximum atomic E-state index is 10.2. The van der Waals surface area contributed by atoms with Crippen LogP contribution in [0.5, 0.6) is 0 Å². The van der Waals surface area contributed by atoms with E-state index in [-0.39, 0.29) is 5.31 Å². The summed E-state index contributed by atoms with van der Waals surface area (Å²) < 4.78 is 10.2. The van der Waals surface area contributed by atoms with Gasteiger partial charge in [-0.15, -0.1) is 0 Å². The quantitative estimate of drug-likeness (QED) is 0.530. The van der Waals surface area contributed by atoms with Gasteiger partial charge in [-0.25, -0.2) is 0 Å². The minimum Gasteiger partial charge on any atom is -0.321 e. The van der Waals surface area contributed by atoms with Gasteiger partial charge in [-0.2, -0.15) is 0 Å². The second kappa shape index (κ2) is 2.44. The molecule has 0 aliphatic rings. The second-order valence-corrected chi connectivity index (χ2v) is 3.27. The normalized spacial score (nSPS) is 14.2. The Morgan fingerprint density at radius 2 is 2.00 bits per heavy atom. The Bertz CT molecular complexity index is 143. The van der Waals surface area contributed by atoms with Crippen LogP contribution in [-0.4, -0.2) is 9.79 Å². The third kappa shape index (κ3) is 2.26. The van der Waals surface area contributed by atoms with Crippen LogP contribution >= 0.6 is 7.60 Å². The molecule has 2 N–H and O–H groups in total. The van der Waals surface area contributed by atoms with Crippen molar-refractivity contribution in [1.29, 1.82) is 0 Å². The van der Waals surface area contributed by atoms with Gasteiger partial charge in [0, 0.05) is 5.31 Å². The van der Waals surface area contributed by atoms with Crippen LogP contribution in [0.15, 0.2) is 11.4 Å². The van der Waals surface area contributed by atoms with Gasteiger partial charge >= 0.3 is 7.60 Å². The average Bonchev–Trinajstić information content (AvgIpc) is 1.62. The lowest BCUT2D eigenvalue weighted by Crippen LogP contribution is -1.76. The Balaban J connectivity index is 4.27. The van der Waals surface area contributed by atoms with Crippen molar-refractivity contribution in [2.24, 2.45) is 0 Å². The monoisotopic (exact) mass is 136 g/mol. The molecule has 0 radical (unpaired) electrons. The Morgan fingerprint density at radius 1 is 1.62 bits per heavy atom. The van der Waals surface area contributed by atoms with E-state index in [1.807, 2.05) is 0 Å². The van der Waals surface area contributed by atoms with Crippen LogP contribution in [0.4, 0.5) is 0 Å². The molecule has 0 aromatic rings. The van der Waals surface area contributed by atoms with Gasteiger partial charge in [0.2, 0.25) is 0 Å². The predicted octanol–water partition coefficient (Wildman–Crippen LogP) is 1.09. The average molecular weight is 136 g/mol. The van der Waals surface area contributed by atoms with Gasteiger partial charge in [-0.3, -0.25) is 4.57 Å². The summed E-state index contributed by atoms with van der Waals surface area (Å²) in [6.45, 7) is 3.00. The molecule has 0 aliphatic carbocycles. The summed E-state index contributed by atoms with van der Waals surface area (Å²) in [7, 11) is -3.90. The zero-order valence-electron chi connectivity index (χ0n) is 4.83. The van der Waals surface area contributed by atoms with Crippen molar-refractivity contribution in [2.75, 3.05) is 0 Å². The standard InChI is InChI=1S/C4H9O3P/c1-3-4(2)8(5,6)7/h3H,1-2H3,(H2,5,6,7)/b4-3+. The van der Waals surface area contributed by atoms with Gasteiger partial charge < -0.3 is 9.79 Å². The van der Waals surface area contributed by atoms with E-state index in [4.69, 9.17) is 9.79 Å². The van der Waals surface area contributed by atoms with Gasteiger partial charge in [0.05, 0.1) is 0 Å². The molecular formula is C4H9O3P. The molecular weight excluding hydrogens is 127 g/mol. The molecule has 0 atom stereocenters. The third-order valence-electron chi connectivity index (χ3n) is 0.877. The third-order valence-corrected chi connectivity index (χ3v) is 2.05. The SMILES string of the molecule is C/C=C(\C)P(=O)(O)O. The van der Waals surface area contributed by atoms with Crippen LogP contribution in [0.25, 0.3) is 0 Å². The van der Waals surface area contributed by atoms with E-state index in [0.717, 1.165) is 0 Å². The molecule has 0 spiro atoms. The van der Waals surface area contributed by atoms with Crippen molar-refractivity contribution < 1.29 is 14.4 Å². The van der Waals surface area contributed by atoms with Gasteiger partial charge in [0.25, 0.3) is 0 Å². The summed E-state index contributed by atoms with van der Waals surface area (Å²) in [4.78, 5) is 16.7. The van der Waals surface area contributed by atoms with Crippen molar-refractivity contribution in [3.8, 4) is 0 Å². The molecule has 8 heavy (non-hydrogen) atoms. The molecule has 0 aromatic heterocycles. The first-order chi connectivity index (χ1) is 3.48. The van der Waals surface area contributed by atoms with E-state index in [1.54, 1.807) is 6.92 Å². The van der Waals surface area contributed by atoms with Crippen LogP contribution in [0.3, 0.4) is 0 Å². The van der Waals surface area contributed by atoms with Gasteiger partial charge in [-0.05, 0) is 13.8 Å². The van der Waals surface area contributed by atoms with E-state index in [1.165, 1.54) is 13.0 Å². The van der Waals surface area contributed by atoms with Gasteiger partial charge in [0.15, 0.2) is 0 Å². The van der Waals surface area contributed by atoms with E-state index in [0.29, 0.717) is 0 Å². The van der Waals surface area contributed by atoms with Crippen molar-refractivity contribution >= 4 is 7.60 Å². The Labute approximate surface area is 48.2 Å². The molecule has 0 saturated heterocycles. The van der Waals surface area contributed by atoms with Gasteiger partial charge in [0.1, 0.15) is 0 Å². The second-order valence-electron chi connectivity index (χ2n) is 1.47. The minimum absolute atomic E-state index is 0.123. The lowest BCUT2D eigenvalue weighted by molar-refractivity contribution is 0.382. The van der Waals surface area contributed by atoms with E-state index >= 15 is 0 Å². The van der Waals surface area contributed by atoms with Crippen molar-refractivity contribution in [2.45, 2.75) is 13.8 Å². The number of hydrogen-bond acceptors (Lipinski definition) is 1. The Morgan fingerprint density at radius 3 is 2.00 bits per heavy atom. The highest BCUT2D eigenvalue weighted by atomic mass is 31.2. The van der Waals surface area contributed by atoms with Crippen LogP contribution in [0, 0.1) is 0 Å². The molecule has 0 rings (SSSR count). The topological polar surface area (TPSA) is 57.5 Å². The maximum absolute atomic E-state index is 10.2. The zero-order valence-corrected chi connectivity index (χ0v) is 5.72. The minimum atomic E-state index is -3.90. The van der Waals surface area contributed by atoms with Crippen LogP contribution in [-0.2, 0) is 4.57 Å². The van der Waals surface area contributed by atoms with Crippen molar-refractivity contribution in [3.63, 3.8) is 0 Å². The molecule has 0 heterocycles. The first-order valence-electron chi connectivity index (χ1n) is 2.17. The Hall–Kier alpha value is -0.110. The number of allylic oxidation sites excluding steroid dienone is 2. The molecule has 3 nitrogen and oxygen atoms in total. The van der Waals surface area contributed by atoms with E-state index < -0.39 is 7.60 Å². The summed E-state index contributed by atoms with van der Waals surface area (Å²) in [5, 5.41) is 0.123. The highest BCUT2D eigenvalue weighted by Crippen LogP contribution is 2.43. The first kappa shape index (κ1) is 7.89. The van der Waals surface area contributed by atoms with Crippen LogP contribution in [0.1, 0.15) is 13.8 Å². The van der Waals surface area contributed by atoms with Crippen LogP contribution < -0.4 is 0 Å².